The molecule has 1 saturated heterocycles. The van der Waals surface area contributed by atoms with Gasteiger partial charge in [-0.2, -0.15) is 0 Å². The lowest BCUT2D eigenvalue weighted by atomic mass is 9.99. The van der Waals surface area contributed by atoms with Gasteiger partial charge in [-0.25, -0.2) is 0 Å². The highest BCUT2D eigenvalue weighted by molar-refractivity contribution is 5.39. The first-order chi connectivity index (χ1) is 10.3. The van der Waals surface area contributed by atoms with Gasteiger partial charge in [-0.15, -0.1) is 0 Å². The van der Waals surface area contributed by atoms with E-state index in [1.807, 2.05) is 24.3 Å². The number of piperidine rings is 1. The summed E-state index contributed by atoms with van der Waals surface area (Å²) in [7, 11) is 1.65. The quantitative estimate of drug-likeness (QED) is 0.736. The molecule has 21 heavy (non-hydrogen) atoms. The summed E-state index contributed by atoms with van der Waals surface area (Å²) >= 11 is 0. The summed E-state index contributed by atoms with van der Waals surface area (Å²) in [5, 5.41) is 0. The average molecular weight is 294 g/mol. The van der Waals surface area contributed by atoms with Crippen molar-refractivity contribution < 1.29 is 19.1 Å². The third-order valence-electron chi connectivity index (χ3n) is 4.14. The van der Waals surface area contributed by atoms with Crippen LogP contribution in [0, 0.1) is 5.92 Å². The lowest BCUT2D eigenvalue weighted by Gasteiger charge is -2.27. The molecule has 1 aliphatic rings. The summed E-state index contributed by atoms with van der Waals surface area (Å²) in [5.41, 5.74) is 0. The van der Waals surface area contributed by atoms with E-state index < -0.39 is 0 Å². The highest BCUT2D eigenvalue weighted by atomic mass is 16.5. The van der Waals surface area contributed by atoms with Gasteiger partial charge in [-0.3, -0.25) is 0 Å². The van der Waals surface area contributed by atoms with Crippen molar-refractivity contribution in [3.8, 4) is 11.5 Å². The minimum absolute atomic E-state index is 0.562. The second-order valence-electron chi connectivity index (χ2n) is 5.79. The van der Waals surface area contributed by atoms with Crippen LogP contribution in [-0.4, -0.2) is 46.6 Å². The first-order valence-electron chi connectivity index (χ1n) is 7.96. The molecule has 118 valence electrons. The Hall–Kier alpha value is -1.26. The Bertz CT molecular complexity index is 403. The summed E-state index contributed by atoms with van der Waals surface area (Å²) in [6.07, 6.45) is 2.71. The van der Waals surface area contributed by atoms with E-state index in [0.29, 0.717) is 13.2 Å². The number of ether oxygens (including phenoxy) is 3. The largest absolute Gasteiger partial charge is 0.493 e. The van der Waals surface area contributed by atoms with Crippen LogP contribution in [0.5, 0.6) is 11.5 Å². The molecule has 1 N–H and O–H groups in total. The minimum atomic E-state index is 0.562. The number of likely N-dealkylation sites (tertiary alicyclic amines) is 1. The second kappa shape index (κ2) is 8.90. The smallest absolute Gasteiger partial charge is 0.161 e. The van der Waals surface area contributed by atoms with Crippen LogP contribution in [0.2, 0.25) is 0 Å². The fraction of sp³-hybridized carbons (Fsp3) is 0.647. The van der Waals surface area contributed by atoms with Gasteiger partial charge in [0.1, 0.15) is 13.2 Å². The summed E-state index contributed by atoms with van der Waals surface area (Å²) in [4.78, 5) is 1.68. The lowest BCUT2D eigenvalue weighted by Crippen LogP contribution is -3.13. The first kappa shape index (κ1) is 16.1. The average Bonchev–Trinajstić information content (AvgIpc) is 2.53. The highest BCUT2D eigenvalue weighted by Gasteiger charge is 2.18. The number of methoxy groups -OCH3 is 1. The van der Waals surface area contributed by atoms with E-state index in [9.17, 15) is 0 Å². The van der Waals surface area contributed by atoms with E-state index in [1.54, 1.807) is 12.0 Å². The Labute approximate surface area is 128 Å². The van der Waals surface area contributed by atoms with Crippen molar-refractivity contribution in [3.63, 3.8) is 0 Å². The molecule has 0 bridgehead atoms. The Balaban J connectivity index is 1.54. The molecule has 4 heteroatoms. The van der Waals surface area contributed by atoms with E-state index in [-0.39, 0.29) is 0 Å². The maximum absolute atomic E-state index is 5.68. The predicted octanol–water partition coefficient (Wildman–Crippen LogP) is 1.41. The molecule has 0 spiro atoms. The fourth-order valence-electron chi connectivity index (χ4n) is 2.69. The number of nitrogens with one attached hydrogen (secondary N) is 1. The predicted molar refractivity (Wildman–Crippen MR) is 83.3 cm³/mol. The molecule has 1 fully saturated rings. The van der Waals surface area contributed by atoms with Crippen LogP contribution in [0.15, 0.2) is 24.3 Å². The maximum Gasteiger partial charge on any atom is 0.161 e. The van der Waals surface area contributed by atoms with Gasteiger partial charge in [-0.1, -0.05) is 19.1 Å². The van der Waals surface area contributed by atoms with Crippen molar-refractivity contribution in [2.45, 2.75) is 19.8 Å². The van der Waals surface area contributed by atoms with Crippen LogP contribution in [-0.2, 0) is 4.74 Å². The third kappa shape index (κ3) is 5.56. The van der Waals surface area contributed by atoms with Crippen molar-refractivity contribution in [2.24, 2.45) is 5.92 Å². The Kier molecular flexibility index (Phi) is 6.83. The van der Waals surface area contributed by atoms with Gasteiger partial charge in [0.2, 0.25) is 0 Å². The van der Waals surface area contributed by atoms with Crippen molar-refractivity contribution in [3.05, 3.63) is 24.3 Å². The zero-order valence-corrected chi connectivity index (χ0v) is 13.3. The highest BCUT2D eigenvalue weighted by Crippen LogP contribution is 2.25. The first-order valence-corrected chi connectivity index (χ1v) is 7.96. The SMILES string of the molecule is COc1ccccc1OCCOCC[NH+]1CCC(C)CC1. The number of rotatable bonds is 8. The Morgan fingerprint density at radius 1 is 1.05 bits per heavy atom. The van der Waals surface area contributed by atoms with Crippen molar-refractivity contribution in [1.29, 1.82) is 0 Å². The standard InChI is InChI=1S/C17H27NO3/c1-15-7-9-18(10-8-15)11-12-20-13-14-21-17-6-4-3-5-16(17)19-2/h3-6,15H,7-14H2,1-2H3/p+1. The van der Waals surface area contributed by atoms with Gasteiger partial charge in [0.05, 0.1) is 33.4 Å². The van der Waals surface area contributed by atoms with Crippen molar-refractivity contribution in [1.82, 2.24) is 0 Å². The molecule has 1 heterocycles. The van der Waals surface area contributed by atoms with E-state index in [1.165, 1.54) is 25.9 Å². The van der Waals surface area contributed by atoms with E-state index in [2.05, 4.69) is 6.92 Å². The van der Waals surface area contributed by atoms with Gasteiger partial charge in [0, 0.05) is 0 Å². The summed E-state index contributed by atoms with van der Waals surface area (Å²) < 4.78 is 16.6. The number of para-hydroxylation sites is 2. The van der Waals surface area contributed by atoms with Crippen LogP contribution in [0.1, 0.15) is 19.8 Å². The zero-order valence-electron chi connectivity index (χ0n) is 13.3. The third-order valence-corrected chi connectivity index (χ3v) is 4.14. The van der Waals surface area contributed by atoms with Crippen molar-refractivity contribution >= 4 is 0 Å². The van der Waals surface area contributed by atoms with E-state index in [4.69, 9.17) is 14.2 Å². The van der Waals surface area contributed by atoms with Gasteiger partial charge in [-0.05, 0) is 30.9 Å². The van der Waals surface area contributed by atoms with Crippen LogP contribution < -0.4 is 14.4 Å². The summed E-state index contributed by atoms with van der Waals surface area (Å²) in [5.74, 6) is 2.45. The second-order valence-corrected chi connectivity index (χ2v) is 5.79. The molecule has 0 amide bonds. The summed E-state index contributed by atoms with van der Waals surface area (Å²) in [6.45, 7) is 8.06. The number of benzene rings is 1. The molecule has 4 nitrogen and oxygen atoms in total. The Morgan fingerprint density at radius 3 is 2.48 bits per heavy atom. The molecule has 0 saturated carbocycles. The van der Waals surface area contributed by atoms with Gasteiger partial charge < -0.3 is 19.1 Å². The molecule has 2 rings (SSSR count). The van der Waals surface area contributed by atoms with Gasteiger partial charge in [0.15, 0.2) is 11.5 Å². The molecule has 0 radical (unpaired) electrons. The Morgan fingerprint density at radius 2 is 1.76 bits per heavy atom. The molecular formula is C17H28NO3+. The van der Waals surface area contributed by atoms with Crippen molar-refractivity contribution in [2.75, 3.05) is 46.6 Å². The summed E-state index contributed by atoms with van der Waals surface area (Å²) in [6, 6.07) is 7.69. The number of quaternary nitrogens is 1. The van der Waals surface area contributed by atoms with Gasteiger partial charge in [0.25, 0.3) is 0 Å². The molecule has 0 aromatic heterocycles. The normalized spacial score (nSPS) is 22.0. The van der Waals surface area contributed by atoms with Gasteiger partial charge >= 0.3 is 0 Å². The van der Waals surface area contributed by atoms with Crippen LogP contribution in [0.4, 0.5) is 0 Å². The molecule has 0 atom stereocenters. The minimum Gasteiger partial charge on any atom is -0.493 e. The lowest BCUT2D eigenvalue weighted by molar-refractivity contribution is -0.906. The molecule has 1 aromatic rings. The zero-order chi connectivity index (χ0) is 14.9. The van der Waals surface area contributed by atoms with E-state index in [0.717, 1.165) is 30.6 Å². The van der Waals surface area contributed by atoms with Crippen LogP contribution in [0.3, 0.4) is 0 Å². The molecule has 1 aliphatic heterocycles. The number of hydrogen-bond donors (Lipinski definition) is 1. The maximum atomic E-state index is 5.68. The topological polar surface area (TPSA) is 32.1 Å². The fourth-order valence-corrected chi connectivity index (χ4v) is 2.69. The number of hydrogen-bond acceptors (Lipinski definition) is 3. The molecular weight excluding hydrogens is 266 g/mol. The van der Waals surface area contributed by atoms with Crippen LogP contribution in [0.25, 0.3) is 0 Å². The molecule has 1 aromatic carbocycles. The molecule has 0 aliphatic carbocycles. The molecule has 0 unspecified atom stereocenters. The van der Waals surface area contributed by atoms with E-state index >= 15 is 0 Å². The van der Waals surface area contributed by atoms with Crippen LogP contribution >= 0.6 is 0 Å². The monoisotopic (exact) mass is 294 g/mol.